The van der Waals surface area contributed by atoms with Gasteiger partial charge in [0.25, 0.3) is 0 Å². The van der Waals surface area contributed by atoms with Gasteiger partial charge in [-0.15, -0.1) is 0 Å². The lowest BCUT2D eigenvalue weighted by molar-refractivity contribution is -0.161. The van der Waals surface area contributed by atoms with E-state index in [0.29, 0.717) is 25.7 Å². The molecule has 0 rings (SSSR count). The van der Waals surface area contributed by atoms with Crippen LogP contribution in [0.1, 0.15) is 433 Å². The highest BCUT2D eigenvalue weighted by Crippen LogP contribution is 2.45. The van der Waals surface area contributed by atoms with Crippen LogP contribution in [0.25, 0.3) is 0 Å². The van der Waals surface area contributed by atoms with E-state index in [1.807, 2.05) is 0 Å². The number of allylic oxidation sites excluding steroid dienone is 4. The second-order valence-corrected chi connectivity index (χ2v) is 33.3. The zero-order chi connectivity index (χ0) is 76.2. The number of phosphoric ester groups is 2. The van der Waals surface area contributed by atoms with Gasteiger partial charge >= 0.3 is 39.5 Å². The lowest BCUT2D eigenvalue weighted by Gasteiger charge is -2.21. The molecule has 0 radical (unpaired) electrons. The first kappa shape index (κ1) is 102. The van der Waals surface area contributed by atoms with E-state index in [1.54, 1.807) is 0 Å². The molecule has 0 amide bonds. The molecule has 17 nitrogen and oxygen atoms in total. The fourth-order valence-corrected chi connectivity index (χ4v) is 14.3. The summed E-state index contributed by atoms with van der Waals surface area (Å²) in [5.74, 6) is -1.33. The molecule has 0 aromatic heterocycles. The van der Waals surface area contributed by atoms with Crippen LogP contribution in [-0.2, 0) is 65.4 Å². The molecule has 0 bridgehead atoms. The SMILES string of the molecule is CCCCCC/C=C\C=C/CCCCCCCC(=O)O[C@H](COC(=O)CCCCCCCCCCC)COP(=O)(O)OC[C@H](O)COP(=O)(O)OC[C@@H](COC(=O)CCCCCCCCCCCCCCCCCC(C)C)OC(=O)CCCCCCCCCCCCCCCCCCCCCCCC. The van der Waals surface area contributed by atoms with Crippen molar-refractivity contribution < 1.29 is 80.2 Å². The van der Waals surface area contributed by atoms with E-state index in [9.17, 15) is 43.2 Å². The van der Waals surface area contributed by atoms with Crippen LogP contribution in [0.5, 0.6) is 0 Å². The number of carbonyl (C=O) groups excluding carboxylic acids is 4. The summed E-state index contributed by atoms with van der Waals surface area (Å²) in [6.45, 7) is 7.29. The Bertz CT molecular complexity index is 2070. The maximum Gasteiger partial charge on any atom is 0.472 e. The molecule has 0 aliphatic rings. The van der Waals surface area contributed by atoms with E-state index in [-0.39, 0.29) is 25.7 Å². The minimum Gasteiger partial charge on any atom is -0.462 e. The summed E-state index contributed by atoms with van der Waals surface area (Å²) in [7, 11) is -9.93. The number of hydrogen-bond acceptors (Lipinski definition) is 15. The molecular formula is C85H162O17P2. The van der Waals surface area contributed by atoms with Crippen molar-refractivity contribution in [3.63, 3.8) is 0 Å². The van der Waals surface area contributed by atoms with Crippen LogP contribution < -0.4 is 0 Å². The first-order valence-corrected chi connectivity index (χ1v) is 46.4. The van der Waals surface area contributed by atoms with Gasteiger partial charge < -0.3 is 33.8 Å². The highest BCUT2D eigenvalue weighted by Gasteiger charge is 2.30. The van der Waals surface area contributed by atoms with E-state index >= 15 is 0 Å². The van der Waals surface area contributed by atoms with Crippen molar-refractivity contribution in [2.75, 3.05) is 39.6 Å². The molecular weight excluding hydrogens is 1350 g/mol. The number of ether oxygens (including phenoxy) is 4. The molecule has 0 spiro atoms. The van der Waals surface area contributed by atoms with Crippen LogP contribution in [-0.4, -0.2) is 96.7 Å². The predicted molar refractivity (Wildman–Crippen MR) is 428 cm³/mol. The van der Waals surface area contributed by atoms with Gasteiger partial charge in [-0.05, 0) is 57.3 Å². The van der Waals surface area contributed by atoms with E-state index in [0.717, 1.165) is 109 Å². The Kier molecular flexibility index (Phi) is 75.4. The molecule has 3 N–H and O–H groups in total. The lowest BCUT2D eigenvalue weighted by atomic mass is 10.0. The Hall–Kier alpha value is -2.46. The quantitative estimate of drug-likeness (QED) is 0.0169. The lowest BCUT2D eigenvalue weighted by Crippen LogP contribution is -2.30. The Morgan fingerprint density at radius 3 is 0.788 bits per heavy atom. The van der Waals surface area contributed by atoms with Crippen molar-refractivity contribution in [1.82, 2.24) is 0 Å². The van der Waals surface area contributed by atoms with Crippen LogP contribution >= 0.6 is 15.6 Å². The van der Waals surface area contributed by atoms with Crippen LogP contribution in [0.4, 0.5) is 0 Å². The van der Waals surface area contributed by atoms with Crippen molar-refractivity contribution in [3.8, 4) is 0 Å². The molecule has 0 aliphatic carbocycles. The first-order chi connectivity index (χ1) is 50.5. The number of phosphoric acid groups is 2. The van der Waals surface area contributed by atoms with Gasteiger partial charge in [0.15, 0.2) is 12.2 Å². The number of rotatable bonds is 83. The van der Waals surface area contributed by atoms with E-state index in [1.165, 1.54) is 244 Å². The second kappa shape index (κ2) is 77.3. The zero-order valence-electron chi connectivity index (χ0n) is 67.7. The minimum atomic E-state index is -4.97. The van der Waals surface area contributed by atoms with Crippen LogP contribution in [0.2, 0.25) is 0 Å². The van der Waals surface area contributed by atoms with Gasteiger partial charge in [-0.3, -0.25) is 37.3 Å². The summed E-state index contributed by atoms with van der Waals surface area (Å²) in [6.07, 6.45) is 73.1. The molecule has 0 aromatic rings. The highest BCUT2D eigenvalue weighted by atomic mass is 31.2. The third-order valence-corrected chi connectivity index (χ3v) is 21.3. The average molecular weight is 1520 g/mol. The molecule has 19 heteroatoms. The number of carbonyl (C=O) groups is 4. The number of aliphatic hydroxyl groups is 1. The third kappa shape index (κ3) is 77.7. The molecule has 0 aliphatic heterocycles. The summed E-state index contributed by atoms with van der Waals surface area (Å²) in [5.41, 5.74) is 0. The number of esters is 4. The maximum absolute atomic E-state index is 13.1. The summed E-state index contributed by atoms with van der Waals surface area (Å²) in [6, 6.07) is 0. The Labute approximate surface area is 637 Å². The molecule has 0 fully saturated rings. The molecule has 2 unspecified atom stereocenters. The van der Waals surface area contributed by atoms with Crippen LogP contribution in [0, 0.1) is 5.92 Å². The fraction of sp³-hybridized carbons (Fsp3) is 0.906. The normalized spacial score (nSPS) is 13.9. The van der Waals surface area contributed by atoms with Gasteiger partial charge in [-0.1, -0.05) is 380 Å². The van der Waals surface area contributed by atoms with Crippen LogP contribution in [0.3, 0.4) is 0 Å². The molecule has 0 aromatic carbocycles. The number of hydrogen-bond donors (Lipinski definition) is 3. The third-order valence-electron chi connectivity index (χ3n) is 19.4. The van der Waals surface area contributed by atoms with Gasteiger partial charge in [0.05, 0.1) is 26.4 Å². The Morgan fingerprint density at radius 1 is 0.298 bits per heavy atom. The molecule has 0 heterocycles. The first-order valence-electron chi connectivity index (χ1n) is 43.5. The second-order valence-electron chi connectivity index (χ2n) is 30.4. The summed E-state index contributed by atoms with van der Waals surface area (Å²) in [4.78, 5) is 73.1. The standard InChI is InChI=1S/C85H162O17P2/c1-6-9-12-15-18-21-23-25-27-28-29-30-31-32-33-37-42-46-51-56-61-66-71-85(90)102-81(75-96-83(88)69-64-59-54-49-44-40-38-34-36-39-43-48-52-57-62-67-78(4)5)77-100-104(93,94)98-73-79(86)72-97-103(91,92)99-76-80(74-95-82(87)68-63-58-53-47-20-17-14-11-8-3)101-84(89)70-65-60-55-50-45-41-35-26-24-22-19-16-13-10-7-2/h22,24,26,35,78-81,86H,6-21,23,25,27-34,36-77H2,1-5H3,(H,91,92)(H,93,94)/b24-22-,35-26-/t79-,80+,81+/m0/s1. The van der Waals surface area contributed by atoms with Crippen molar-refractivity contribution in [2.45, 2.75) is 451 Å². The topological polar surface area (TPSA) is 237 Å². The molecule has 0 saturated carbocycles. The van der Waals surface area contributed by atoms with Crippen molar-refractivity contribution in [2.24, 2.45) is 5.92 Å². The van der Waals surface area contributed by atoms with Crippen molar-refractivity contribution >= 4 is 39.5 Å². The van der Waals surface area contributed by atoms with Crippen molar-refractivity contribution in [1.29, 1.82) is 0 Å². The van der Waals surface area contributed by atoms with Gasteiger partial charge in [-0.2, -0.15) is 0 Å². The summed E-state index contributed by atoms with van der Waals surface area (Å²) >= 11 is 0. The Morgan fingerprint density at radius 2 is 0.519 bits per heavy atom. The number of unbranched alkanes of at least 4 members (excludes halogenated alkanes) is 52. The largest absolute Gasteiger partial charge is 0.472 e. The maximum atomic E-state index is 13.1. The van der Waals surface area contributed by atoms with E-state index in [4.69, 9.17) is 37.0 Å². The summed E-state index contributed by atoms with van der Waals surface area (Å²) in [5, 5.41) is 10.7. The predicted octanol–water partition coefficient (Wildman–Crippen LogP) is 25.5. The molecule has 5 atom stereocenters. The number of aliphatic hydroxyl groups excluding tert-OH is 1. The fourth-order valence-electron chi connectivity index (χ4n) is 12.8. The minimum absolute atomic E-state index is 0.0855. The smallest absolute Gasteiger partial charge is 0.462 e. The van der Waals surface area contributed by atoms with Gasteiger partial charge in [0.2, 0.25) is 0 Å². The van der Waals surface area contributed by atoms with E-state index < -0.39 is 97.5 Å². The Balaban J connectivity index is 5.23. The average Bonchev–Trinajstić information content (AvgIpc) is 0.947. The molecule has 614 valence electrons. The monoisotopic (exact) mass is 1520 g/mol. The zero-order valence-corrected chi connectivity index (χ0v) is 69.4. The van der Waals surface area contributed by atoms with Gasteiger partial charge in [0.1, 0.15) is 19.3 Å². The molecule has 0 saturated heterocycles. The van der Waals surface area contributed by atoms with Gasteiger partial charge in [0, 0.05) is 25.7 Å². The summed E-state index contributed by atoms with van der Waals surface area (Å²) < 4.78 is 68.7. The van der Waals surface area contributed by atoms with Gasteiger partial charge in [-0.25, -0.2) is 9.13 Å². The molecule has 104 heavy (non-hydrogen) atoms. The highest BCUT2D eigenvalue weighted by molar-refractivity contribution is 7.47. The van der Waals surface area contributed by atoms with Crippen LogP contribution in [0.15, 0.2) is 24.3 Å². The van der Waals surface area contributed by atoms with E-state index in [2.05, 4.69) is 58.9 Å². The van der Waals surface area contributed by atoms with Crippen molar-refractivity contribution in [3.05, 3.63) is 24.3 Å².